The van der Waals surface area contributed by atoms with Gasteiger partial charge in [0.2, 0.25) is 0 Å². The summed E-state index contributed by atoms with van der Waals surface area (Å²) >= 11 is 0. The van der Waals surface area contributed by atoms with Gasteiger partial charge in [-0.25, -0.2) is 0 Å². The molecule has 0 aliphatic rings. The maximum atomic E-state index is 13.2. The summed E-state index contributed by atoms with van der Waals surface area (Å²) in [6.07, 6.45) is 22.3. The van der Waals surface area contributed by atoms with Crippen molar-refractivity contribution in [1.82, 2.24) is 0 Å². The number of carbonyl (C=O) groups is 3. The summed E-state index contributed by atoms with van der Waals surface area (Å²) in [5.74, 6) is 1.01. The number of Topliss-reactive ketones (excluding diaryl/α,β-unsaturated/α-hetero) is 1. The van der Waals surface area contributed by atoms with Crippen LogP contribution in [-0.4, -0.2) is 31.9 Å². The van der Waals surface area contributed by atoms with Gasteiger partial charge in [0.1, 0.15) is 23.0 Å². The summed E-state index contributed by atoms with van der Waals surface area (Å²) in [5, 5.41) is 0. The summed E-state index contributed by atoms with van der Waals surface area (Å²) in [6.45, 7) is 4.45. The van der Waals surface area contributed by atoms with Gasteiger partial charge in [0.25, 0.3) is 0 Å². The Morgan fingerprint density at radius 3 is 1.50 bits per heavy atom. The maximum absolute atomic E-state index is 13.2. The third kappa shape index (κ3) is 17.2. The monoisotopic (exact) mass is 666 g/mol. The normalized spacial score (nSPS) is 10.9. The van der Waals surface area contributed by atoms with Crippen molar-refractivity contribution in [1.29, 1.82) is 0 Å². The van der Waals surface area contributed by atoms with Crippen LogP contribution in [0.15, 0.2) is 36.4 Å². The molecular formula is C41H62O7. The smallest absolute Gasteiger partial charge is 0.311 e. The minimum atomic E-state index is -0.319. The Labute approximate surface area is 290 Å². The van der Waals surface area contributed by atoms with Crippen LogP contribution in [0, 0.1) is 0 Å². The molecule has 0 N–H and O–H groups in total. The van der Waals surface area contributed by atoms with Crippen molar-refractivity contribution < 1.29 is 33.3 Å². The molecule has 2 aromatic carbocycles. The predicted octanol–water partition coefficient (Wildman–Crippen LogP) is 11.2. The van der Waals surface area contributed by atoms with E-state index in [4.69, 9.17) is 18.9 Å². The molecule has 268 valence electrons. The van der Waals surface area contributed by atoms with Gasteiger partial charge in [-0.05, 0) is 43.0 Å². The molecule has 0 saturated heterocycles. The highest BCUT2D eigenvalue weighted by atomic mass is 16.5. The molecule has 0 atom stereocenters. The van der Waals surface area contributed by atoms with Gasteiger partial charge in [0.05, 0.1) is 19.8 Å². The van der Waals surface area contributed by atoms with Crippen molar-refractivity contribution in [2.45, 2.75) is 155 Å². The van der Waals surface area contributed by atoms with Gasteiger partial charge in [-0.3, -0.25) is 14.4 Å². The molecule has 2 aromatic rings. The number of unbranched alkanes of at least 4 members (excludes halogenated alkanes) is 16. The average molecular weight is 667 g/mol. The summed E-state index contributed by atoms with van der Waals surface area (Å²) in [6, 6.07) is 10.2. The van der Waals surface area contributed by atoms with E-state index in [0.29, 0.717) is 53.4 Å². The first-order valence-electron chi connectivity index (χ1n) is 18.7. The second-order valence-electron chi connectivity index (χ2n) is 12.9. The molecular weight excluding hydrogens is 604 g/mol. The van der Waals surface area contributed by atoms with Gasteiger partial charge in [-0.1, -0.05) is 123 Å². The fourth-order valence-electron chi connectivity index (χ4n) is 5.83. The topological polar surface area (TPSA) is 88.1 Å². The Kier molecular flexibility index (Phi) is 21.8. The first kappa shape index (κ1) is 40.8. The summed E-state index contributed by atoms with van der Waals surface area (Å²) in [5.41, 5.74) is 1.17. The molecule has 0 unspecified atom stereocenters. The van der Waals surface area contributed by atoms with Crippen LogP contribution in [-0.2, 0) is 16.0 Å². The Morgan fingerprint density at radius 2 is 0.979 bits per heavy atom. The van der Waals surface area contributed by atoms with Crippen LogP contribution >= 0.6 is 0 Å². The van der Waals surface area contributed by atoms with E-state index in [1.54, 1.807) is 43.5 Å². The number of benzene rings is 2. The third-order valence-corrected chi connectivity index (χ3v) is 8.79. The molecule has 0 aliphatic carbocycles. The fraction of sp³-hybridized carbons (Fsp3) is 0.634. The van der Waals surface area contributed by atoms with E-state index < -0.39 is 0 Å². The number of methoxy groups -OCH3 is 2. The van der Waals surface area contributed by atoms with E-state index in [9.17, 15) is 14.4 Å². The van der Waals surface area contributed by atoms with E-state index >= 15 is 0 Å². The van der Waals surface area contributed by atoms with E-state index in [0.717, 1.165) is 38.5 Å². The van der Waals surface area contributed by atoms with Crippen molar-refractivity contribution >= 4 is 17.7 Å². The van der Waals surface area contributed by atoms with E-state index in [1.807, 2.05) is 0 Å². The molecule has 0 aromatic heterocycles. The van der Waals surface area contributed by atoms with Crippen molar-refractivity contribution in [2.75, 3.05) is 14.2 Å². The zero-order chi connectivity index (χ0) is 34.8. The highest BCUT2D eigenvalue weighted by molar-refractivity contribution is 5.99. The zero-order valence-corrected chi connectivity index (χ0v) is 30.4. The lowest BCUT2D eigenvalue weighted by Crippen LogP contribution is -2.12. The molecule has 7 heteroatoms. The van der Waals surface area contributed by atoms with Crippen molar-refractivity contribution in [2.24, 2.45) is 0 Å². The van der Waals surface area contributed by atoms with Gasteiger partial charge in [0.15, 0.2) is 5.78 Å². The van der Waals surface area contributed by atoms with Crippen LogP contribution in [0.1, 0.15) is 165 Å². The number of hydrogen-bond donors (Lipinski definition) is 0. The average Bonchev–Trinajstić information content (AvgIpc) is 3.09. The third-order valence-electron chi connectivity index (χ3n) is 8.79. The first-order valence-corrected chi connectivity index (χ1v) is 18.7. The molecule has 0 amide bonds. The number of ketones is 1. The molecule has 0 fully saturated rings. The second-order valence-corrected chi connectivity index (χ2v) is 12.9. The van der Waals surface area contributed by atoms with Crippen molar-refractivity contribution in [3.05, 3.63) is 47.5 Å². The van der Waals surface area contributed by atoms with Gasteiger partial charge in [-0.2, -0.15) is 0 Å². The number of carbonyl (C=O) groups excluding carboxylic acids is 3. The largest absolute Gasteiger partial charge is 0.497 e. The molecule has 0 radical (unpaired) electrons. The molecule has 0 spiro atoms. The predicted molar refractivity (Wildman–Crippen MR) is 194 cm³/mol. The Bertz CT molecular complexity index is 1210. The van der Waals surface area contributed by atoms with Crippen LogP contribution in [0.25, 0.3) is 0 Å². The molecule has 0 saturated carbocycles. The molecule has 0 aliphatic heterocycles. The lowest BCUT2D eigenvalue weighted by molar-refractivity contribution is -0.135. The van der Waals surface area contributed by atoms with Crippen molar-refractivity contribution in [3.8, 4) is 23.0 Å². The number of esters is 2. The standard InChI is InChI=1S/C41H62O7/c1-5-7-9-11-13-15-17-19-21-23-40(43)47-35-27-25-33(26-30-37(42)36-29-28-34(45-3)31-39(36)46-4)38(32-35)48-41(44)24-22-20-18-16-14-12-10-8-6-2/h25,27-29,31-32H,5-24,26,30H2,1-4H3. The van der Waals surface area contributed by atoms with Crippen LogP contribution in [0.5, 0.6) is 23.0 Å². The van der Waals surface area contributed by atoms with Crippen LogP contribution in [0.3, 0.4) is 0 Å². The van der Waals surface area contributed by atoms with Gasteiger partial charge >= 0.3 is 11.9 Å². The molecule has 2 rings (SSSR count). The Morgan fingerprint density at radius 1 is 0.500 bits per heavy atom. The minimum Gasteiger partial charge on any atom is -0.497 e. The quantitative estimate of drug-likeness (QED) is 0.0386. The van der Waals surface area contributed by atoms with Crippen LogP contribution < -0.4 is 18.9 Å². The molecule has 0 heterocycles. The molecule has 7 nitrogen and oxygen atoms in total. The maximum Gasteiger partial charge on any atom is 0.311 e. The van der Waals surface area contributed by atoms with E-state index in [1.165, 1.54) is 84.2 Å². The van der Waals surface area contributed by atoms with Crippen LogP contribution in [0.2, 0.25) is 0 Å². The highest BCUT2D eigenvalue weighted by Gasteiger charge is 2.17. The second kappa shape index (κ2) is 25.6. The number of rotatable bonds is 28. The fourth-order valence-corrected chi connectivity index (χ4v) is 5.83. The summed E-state index contributed by atoms with van der Waals surface area (Å²) < 4.78 is 22.1. The van der Waals surface area contributed by atoms with E-state index in [2.05, 4.69) is 13.8 Å². The molecule has 48 heavy (non-hydrogen) atoms. The lowest BCUT2D eigenvalue weighted by Gasteiger charge is -2.13. The SMILES string of the molecule is CCCCCCCCCCCC(=O)Oc1ccc(CCC(=O)c2ccc(OC)cc2OC)c(OC(=O)CCCCCCCCCCC)c1. The number of hydrogen-bond acceptors (Lipinski definition) is 7. The highest BCUT2D eigenvalue weighted by Crippen LogP contribution is 2.30. The van der Waals surface area contributed by atoms with Gasteiger partial charge in [0, 0.05) is 31.4 Å². The lowest BCUT2D eigenvalue weighted by atomic mass is 10.0. The van der Waals surface area contributed by atoms with Crippen LogP contribution in [0.4, 0.5) is 0 Å². The zero-order valence-electron chi connectivity index (χ0n) is 30.4. The molecule has 0 bridgehead atoms. The minimum absolute atomic E-state index is 0.0991. The number of ether oxygens (including phenoxy) is 4. The first-order chi connectivity index (χ1) is 23.4. The van der Waals surface area contributed by atoms with Gasteiger partial charge in [-0.15, -0.1) is 0 Å². The summed E-state index contributed by atoms with van der Waals surface area (Å²) in [7, 11) is 3.08. The Hall–Kier alpha value is -3.35. The van der Waals surface area contributed by atoms with E-state index in [-0.39, 0.29) is 24.1 Å². The summed E-state index contributed by atoms with van der Waals surface area (Å²) in [4.78, 5) is 38.7. The number of aryl methyl sites for hydroxylation is 1. The van der Waals surface area contributed by atoms with Gasteiger partial charge < -0.3 is 18.9 Å². The Balaban J connectivity index is 1.96. The van der Waals surface area contributed by atoms with Crippen molar-refractivity contribution in [3.63, 3.8) is 0 Å².